The molecular formula is C16H17Cl2NO. The quantitative estimate of drug-likeness (QED) is 0.839. The number of aliphatic hydroxyl groups excluding tert-OH is 1. The van der Waals surface area contributed by atoms with Crippen LogP contribution in [0.3, 0.4) is 0 Å². The first kappa shape index (κ1) is 15.2. The van der Waals surface area contributed by atoms with Crippen LogP contribution in [0.15, 0.2) is 42.5 Å². The van der Waals surface area contributed by atoms with Crippen molar-refractivity contribution in [2.24, 2.45) is 0 Å². The average Bonchev–Trinajstić information content (AvgIpc) is 2.44. The molecule has 0 saturated heterocycles. The van der Waals surface area contributed by atoms with Crippen molar-refractivity contribution in [2.45, 2.75) is 19.4 Å². The highest BCUT2D eigenvalue weighted by molar-refractivity contribution is 6.33. The monoisotopic (exact) mass is 309 g/mol. The maximum Gasteiger partial charge on any atom is 0.0500 e. The van der Waals surface area contributed by atoms with Crippen LogP contribution in [-0.4, -0.2) is 11.7 Å². The standard InChI is InChI=1S/C16H17Cl2NO/c1-11(15-10-13(17)4-7-16(15)18)19-14-5-2-12(3-6-14)8-9-20/h2-7,10-11,19-20H,8-9H2,1H3. The molecule has 2 nitrogen and oxygen atoms in total. The normalized spacial score (nSPS) is 12.2. The van der Waals surface area contributed by atoms with Crippen molar-refractivity contribution in [3.8, 4) is 0 Å². The maximum atomic E-state index is 8.90. The lowest BCUT2D eigenvalue weighted by atomic mass is 10.1. The average molecular weight is 310 g/mol. The third-order valence-corrected chi connectivity index (χ3v) is 3.74. The molecule has 0 radical (unpaired) electrons. The summed E-state index contributed by atoms with van der Waals surface area (Å²) < 4.78 is 0. The summed E-state index contributed by atoms with van der Waals surface area (Å²) in [7, 11) is 0. The molecule has 20 heavy (non-hydrogen) atoms. The smallest absolute Gasteiger partial charge is 0.0500 e. The first-order valence-electron chi connectivity index (χ1n) is 6.51. The van der Waals surface area contributed by atoms with E-state index in [0.717, 1.165) is 16.8 Å². The Kier molecular flexibility index (Phi) is 5.30. The van der Waals surface area contributed by atoms with Crippen LogP contribution in [0.2, 0.25) is 10.0 Å². The van der Waals surface area contributed by atoms with Crippen LogP contribution in [0.4, 0.5) is 5.69 Å². The lowest BCUT2D eigenvalue weighted by molar-refractivity contribution is 0.299. The van der Waals surface area contributed by atoms with Crippen molar-refractivity contribution in [3.05, 3.63) is 63.6 Å². The molecular weight excluding hydrogens is 293 g/mol. The van der Waals surface area contributed by atoms with Gasteiger partial charge in [0.25, 0.3) is 0 Å². The lowest BCUT2D eigenvalue weighted by Gasteiger charge is -2.17. The zero-order valence-electron chi connectivity index (χ0n) is 11.2. The van der Waals surface area contributed by atoms with Crippen LogP contribution in [0, 0.1) is 0 Å². The highest BCUT2D eigenvalue weighted by atomic mass is 35.5. The van der Waals surface area contributed by atoms with Gasteiger partial charge in [-0.3, -0.25) is 0 Å². The van der Waals surface area contributed by atoms with Gasteiger partial charge in [0.1, 0.15) is 0 Å². The summed E-state index contributed by atoms with van der Waals surface area (Å²) in [4.78, 5) is 0. The van der Waals surface area contributed by atoms with Gasteiger partial charge >= 0.3 is 0 Å². The van der Waals surface area contributed by atoms with Crippen molar-refractivity contribution in [3.63, 3.8) is 0 Å². The lowest BCUT2D eigenvalue weighted by Crippen LogP contribution is -2.07. The van der Waals surface area contributed by atoms with Gasteiger partial charge in [0.05, 0.1) is 6.04 Å². The Morgan fingerprint density at radius 1 is 1.10 bits per heavy atom. The predicted molar refractivity (Wildman–Crippen MR) is 85.7 cm³/mol. The molecule has 0 aromatic heterocycles. The molecule has 2 aromatic carbocycles. The van der Waals surface area contributed by atoms with Gasteiger partial charge in [-0.2, -0.15) is 0 Å². The summed E-state index contributed by atoms with van der Waals surface area (Å²) in [6.45, 7) is 2.21. The second-order valence-electron chi connectivity index (χ2n) is 4.70. The number of benzene rings is 2. The van der Waals surface area contributed by atoms with Crippen LogP contribution in [-0.2, 0) is 6.42 Å². The molecule has 0 aliphatic heterocycles. The fourth-order valence-corrected chi connectivity index (χ4v) is 2.53. The number of anilines is 1. The summed E-state index contributed by atoms with van der Waals surface area (Å²) >= 11 is 12.2. The Bertz CT molecular complexity index is 569. The molecule has 1 unspecified atom stereocenters. The molecule has 106 valence electrons. The van der Waals surface area contributed by atoms with E-state index in [1.165, 1.54) is 0 Å². The number of nitrogens with one attached hydrogen (secondary N) is 1. The summed E-state index contributed by atoms with van der Waals surface area (Å²) in [5, 5.41) is 13.7. The molecule has 0 aliphatic rings. The largest absolute Gasteiger partial charge is 0.396 e. The predicted octanol–water partition coefficient (Wildman–Crippen LogP) is 4.70. The Morgan fingerprint density at radius 2 is 1.80 bits per heavy atom. The number of hydrogen-bond acceptors (Lipinski definition) is 2. The molecule has 4 heteroatoms. The summed E-state index contributed by atoms with van der Waals surface area (Å²) in [6.07, 6.45) is 0.677. The van der Waals surface area contributed by atoms with Crippen molar-refractivity contribution in [1.29, 1.82) is 0 Å². The van der Waals surface area contributed by atoms with Crippen LogP contribution in [0.25, 0.3) is 0 Å². The van der Waals surface area contributed by atoms with Crippen LogP contribution in [0.1, 0.15) is 24.1 Å². The second-order valence-corrected chi connectivity index (χ2v) is 5.55. The van der Waals surface area contributed by atoms with E-state index in [2.05, 4.69) is 5.32 Å². The molecule has 1 atom stereocenters. The molecule has 0 spiro atoms. The van der Waals surface area contributed by atoms with Crippen LogP contribution >= 0.6 is 23.2 Å². The Balaban J connectivity index is 2.10. The van der Waals surface area contributed by atoms with Crippen molar-refractivity contribution >= 4 is 28.9 Å². The third-order valence-electron chi connectivity index (χ3n) is 3.16. The number of aliphatic hydroxyl groups is 1. The van der Waals surface area contributed by atoms with Gasteiger partial charge in [-0.1, -0.05) is 35.3 Å². The molecule has 0 heterocycles. The fraction of sp³-hybridized carbons (Fsp3) is 0.250. The molecule has 2 aromatic rings. The van der Waals surface area contributed by atoms with Crippen LogP contribution < -0.4 is 5.32 Å². The van der Waals surface area contributed by atoms with E-state index in [1.807, 2.05) is 43.3 Å². The van der Waals surface area contributed by atoms with E-state index in [9.17, 15) is 0 Å². The van der Waals surface area contributed by atoms with Gasteiger partial charge in [0.15, 0.2) is 0 Å². The maximum absolute atomic E-state index is 8.90. The molecule has 2 rings (SSSR count). The second kappa shape index (κ2) is 6.98. The zero-order valence-corrected chi connectivity index (χ0v) is 12.7. The number of rotatable bonds is 5. The van der Waals surface area contributed by atoms with E-state index in [4.69, 9.17) is 28.3 Å². The number of halogens is 2. The van der Waals surface area contributed by atoms with E-state index < -0.39 is 0 Å². The summed E-state index contributed by atoms with van der Waals surface area (Å²) in [6, 6.07) is 13.5. The van der Waals surface area contributed by atoms with Crippen LogP contribution in [0.5, 0.6) is 0 Å². The fourth-order valence-electron chi connectivity index (χ4n) is 2.07. The molecule has 0 saturated carbocycles. The highest BCUT2D eigenvalue weighted by Crippen LogP contribution is 2.28. The summed E-state index contributed by atoms with van der Waals surface area (Å²) in [5.41, 5.74) is 3.10. The molecule has 0 fully saturated rings. The van der Waals surface area contributed by atoms with Gasteiger partial charge in [0, 0.05) is 22.3 Å². The first-order valence-corrected chi connectivity index (χ1v) is 7.27. The Morgan fingerprint density at radius 3 is 2.45 bits per heavy atom. The number of hydrogen-bond donors (Lipinski definition) is 2. The topological polar surface area (TPSA) is 32.3 Å². The van der Waals surface area contributed by atoms with E-state index in [0.29, 0.717) is 16.5 Å². The SMILES string of the molecule is CC(Nc1ccc(CCO)cc1)c1cc(Cl)ccc1Cl. The van der Waals surface area contributed by atoms with Gasteiger partial charge in [-0.15, -0.1) is 0 Å². The van der Waals surface area contributed by atoms with E-state index in [-0.39, 0.29) is 12.6 Å². The van der Waals surface area contributed by atoms with Crippen molar-refractivity contribution in [1.82, 2.24) is 0 Å². The first-order chi connectivity index (χ1) is 9.60. The van der Waals surface area contributed by atoms with Crippen molar-refractivity contribution < 1.29 is 5.11 Å². The Hall–Kier alpha value is -1.22. The van der Waals surface area contributed by atoms with E-state index >= 15 is 0 Å². The molecule has 0 bridgehead atoms. The molecule has 0 amide bonds. The highest BCUT2D eigenvalue weighted by Gasteiger charge is 2.10. The molecule has 2 N–H and O–H groups in total. The van der Waals surface area contributed by atoms with E-state index in [1.54, 1.807) is 6.07 Å². The van der Waals surface area contributed by atoms with Gasteiger partial charge in [0.2, 0.25) is 0 Å². The van der Waals surface area contributed by atoms with Gasteiger partial charge in [-0.05, 0) is 54.8 Å². The minimum atomic E-state index is 0.0601. The molecule has 0 aliphatic carbocycles. The third kappa shape index (κ3) is 3.89. The van der Waals surface area contributed by atoms with Gasteiger partial charge in [-0.25, -0.2) is 0 Å². The van der Waals surface area contributed by atoms with Gasteiger partial charge < -0.3 is 10.4 Å². The Labute approximate surface area is 129 Å². The summed E-state index contributed by atoms with van der Waals surface area (Å²) in [5.74, 6) is 0. The zero-order chi connectivity index (χ0) is 14.5. The van der Waals surface area contributed by atoms with Crippen molar-refractivity contribution in [2.75, 3.05) is 11.9 Å². The minimum Gasteiger partial charge on any atom is -0.396 e. The minimum absolute atomic E-state index is 0.0601.